The molecule has 1 aliphatic heterocycles. The number of carbonyl (C=O) groups is 1. The summed E-state index contributed by atoms with van der Waals surface area (Å²) in [5, 5.41) is 8.75. The van der Waals surface area contributed by atoms with E-state index < -0.39 is 11.8 Å². The standard InChI is InChI=1S/C16H21FN2O2/c1-18-10-4-5-12(11-18)19(2)15-7-3-6-14(17)13(15)8-9-16(20)21/h3,6-9,12H,4-5,10-11H2,1-2H3,(H,20,21)/b9-8+. The molecular weight excluding hydrogens is 271 g/mol. The summed E-state index contributed by atoms with van der Waals surface area (Å²) in [5.74, 6) is -1.48. The predicted octanol–water partition coefficient (Wildman–Crippen LogP) is 2.45. The van der Waals surface area contributed by atoms with Gasteiger partial charge in [-0.05, 0) is 44.6 Å². The fourth-order valence-corrected chi connectivity index (χ4v) is 2.80. The highest BCUT2D eigenvalue weighted by Gasteiger charge is 2.23. The average molecular weight is 292 g/mol. The lowest BCUT2D eigenvalue weighted by molar-refractivity contribution is -0.131. The van der Waals surface area contributed by atoms with Crippen LogP contribution in [0.5, 0.6) is 0 Å². The molecule has 0 bridgehead atoms. The quantitative estimate of drug-likeness (QED) is 0.866. The Balaban J connectivity index is 2.29. The number of nitrogens with zero attached hydrogens (tertiary/aromatic N) is 2. The molecule has 0 spiro atoms. The first-order valence-electron chi connectivity index (χ1n) is 7.10. The second-order valence-electron chi connectivity index (χ2n) is 5.51. The van der Waals surface area contributed by atoms with Crippen molar-refractivity contribution in [2.45, 2.75) is 18.9 Å². The van der Waals surface area contributed by atoms with Crippen LogP contribution >= 0.6 is 0 Å². The Kier molecular flexibility index (Phi) is 4.96. The molecule has 0 radical (unpaired) electrons. The van der Waals surface area contributed by atoms with E-state index in [2.05, 4.69) is 16.8 Å². The third kappa shape index (κ3) is 3.82. The van der Waals surface area contributed by atoms with E-state index in [1.54, 1.807) is 6.07 Å². The molecule has 0 amide bonds. The number of aliphatic carboxylic acids is 1. The van der Waals surface area contributed by atoms with Crippen molar-refractivity contribution in [2.24, 2.45) is 0 Å². The Hall–Kier alpha value is -1.88. The number of likely N-dealkylation sites (tertiary alicyclic amines) is 1. The van der Waals surface area contributed by atoms with Crippen LogP contribution in [0.1, 0.15) is 18.4 Å². The van der Waals surface area contributed by atoms with Crippen molar-refractivity contribution in [1.82, 2.24) is 4.90 Å². The average Bonchev–Trinajstić information content (AvgIpc) is 2.45. The molecule has 1 fully saturated rings. The van der Waals surface area contributed by atoms with E-state index in [0.717, 1.165) is 37.7 Å². The number of carboxylic acids is 1. The first-order chi connectivity index (χ1) is 9.99. The van der Waals surface area contributed by atoms with Crippen molar-refractivity contribution in [2.75, 3.05) is 32.1 Å². The van der Waals surface area contributed by atoms with Crippen LogP contribution in [0.3, 0.4) is 0 Å². The Bertz CT molecular complexity index is 545. The van der Waals surface area contributed by atoms with Gasteiger partial charge in [-0.15, -0.1) is 0 Å². The van der Waals surface area contributed by atoms with E-state index in [1.165, 1.54) is 12.1 Å². The highest BCUT2D eigenvalue weighted by Crippen LogP contribution is 2.27. The second kappa shape index (κ2) is 6.72. The number of benzene rings is 1. The third-order valence-corrected chi connectivity index (χ3v) is 3.95. The zero-order chi connectivity index (χ0) is 15.4. The van der Waals surface area contributed by atoms with Crippen molar-refractivity contribution in [3.05, 3.63) is 35.7 Å². The Morgan fingerprint density at radius 2 is 2.29 bits per heavy atom. The van der Waals surface area contributed by atoms with Gasteiger partial charge < -0.3 is 14.9 Å². The summed E-state index contributed by atoms with van der Waals surface area (Å²) >= 11 is 0. The minimum Gasteiger partial charge on any atom is -0.478 e. The molecule has 2 rings (SSSR count). The van der Waals surface area contributed by atoms with Gasteiger partial charge in [-0.2, -0.15) is 0 Å². The maximum Gasteiger partial charge on any atom is 0.328 e. The molecule has 1 heterocycles. The molecule has 1 aromatic rings. The van der Waals surface area contributed by atoms with Gasteiger partial charge in [-0.25, -0.2) is 9.18 Å². The van der Waals surface area contributed by atoms with Crippen LogP contribution < -0.4 is 4.90 Å². The molecule has 0 aliphatic carbocycles. The molecule has 4 nitrogen and oxygen atoms in total. The van der Waals surface area contributed by atoms with Crippen LogP contribution in [0.4, 0.5) is 10.1 Å². The lowest BCUT2D eigenvalue weighted by Gasteiger charge is -2.37. The van der Waals surface area contributed by atoms with Crippen LogP contribution in [0, 0.1) is 5.82 Å². The predicted molar refractivity (Wildman–Crippen MR) is 82.0 cm³/mol. The lowest BCUT2D eigenvalue weighted by Crippen LogP contribution is -2.45. The largest absolute Gasteiger partial charge is 0.478 e. The van der Waals surface area contributed by atoms with Gasteiger partial charge in [-0.1, -0.05) is 6.07 Å². The van der Waals surface area contributed by atoms with E-state index in [9.17, 15) is 9.18 Å². The molecule has 1 aromatic carbocycles. The third-order valence-electron chi connectivity index (χ3n) is 3.95. The zero-order valence-corrected chi connectivity index (χ0v) is 12.4. The van der Waals surface area contributed by atoms with E-state index in [0.29, 0.717) is 11.6 Å². The monoisotopic (exact) mass is 292 g/mol. The summed E-state index contributed by atoms with van der Waals surface area (Å²) in [5.41, 5.74) is 1.06. The van der Waals surface area contributed by atoms with Gasteiger partial charge in [0.1, 0.15) is 5.82 Å². The van der Waals surface area contributed by atoms with Crippen LogP contribution in [-0.2, 0) is 4.79 Å². The summed E-state index contributed by atoms with van der Waals surface area (Å²) in [6.45, 7) is 2.01. The van der Waals surface area contributed by atoms with Crippen molar-refractivity contribution in [1.29, 1.82) is 0 Å². The van der Waals surface area contributed by atoms with E-state index in [-0.39, 0.29) is 0 Å². The fraction of sp³-hybridized carbons (Fsp3) is 0.438. The molecule has 1 atom stereocenters. The highest BCUT2D eigenvalue weighted by atomic mass is 19.1. The number of halogens is 1. The minimum atomic E-state index is -1.08. The van der Waals surface area contributed by atoms with Gasteiger partial charge in [-0.3, -0.25) is 0 Å². The molecule has 0 saturated carbocycles. The summed E-state index contributed by atoms with van der Waals surface area (Å²) in [4.78, 5) is 15.0. The van der Waals surface area contributed by atoms with E-state index in [1.807, 2.05) is 13.1 Å². The maximum atomic E-state index is 14.0. The molecule has 5 heteroatoms. The molecule has 0 aromatic heterocycles. The summed E-state index contributed by atoms with van der Waals surface area (Å²) in [6, 6.07) is 5.15. The maximum absolute atomic E-state index is 14.0. The van der Waals surface area contributed by atoms with Crippen LogP contribution in [0.15, 0.2) is 24.3 Å². The van der Waals surface area contributed by atoms with Gasteiger partial charge in [0.2, 0.25) is 0 Å². The van der Waals surface area contributed by atoms with Gasteiger partial charge in [0.05, 0.1) is 0 Å². The SMILES string of the molecule is CN1CCCC(N(C)c2cccc(F)c2/C=C/C(=O)O)C1. The Labute approximate surface area is 124 Å². The molecular formula is C16H21FN2O2. The molecule has 1 saturated heterocycles. The molecule has 1 N–H and O–H groups in total. The second-order valence-corrected chi connectivity index (χ2v) is 5.51. The molecule has 21 heavy (non-hydrogen) atoms. The minimum absolute atomic E-state index is 0.308. The topological polar surface area (TPSA) is 43.8 Å². The summed E-state index contributed by atoms with van der Waals surface area (Å²) < 4.78 is 14.0. The Morgan fingerprint density at radius 1 is 1.52 bits per heavy atom. The van der Waals surface area contributed by atoms with E-state index in [4.69, 9.17) is 5.11 Å². The van der Waals surface area contributed by atoms with Crippen LogP contribution in [-0.4, -0.2) is 49.2 Å². The van der Waals surface area contributed by atoms with Gasteiger partial charge in [0, 0.05) is 37.0 Å². The molecule has 1 aliphatic rings. The van der Waals surface area contributed by atoms with Crippen molar-refractivity contribution in [3.8, 4) is 0 Å². The Morgan fingerprint density at radius 3 is 2.95 bits per heavy atom. The number of carboxylic acid groups (broad SMARTS) is 1. The molecule has 1 unspecified atom stereocenters. The van der Waals surface area contributed by atoms with Crippen molar-refractivity contribution >= 4 is 17.7 Å². The number of anilines is 1. The number of piperidine rings is 1. The van der Waals surface area contributed by atoms with Crippen molar-refractivity contribution in [3.63, 3.8) is 0 Å². The molecule has 114 valence electrons. The smallest absolute Gasteiger partial charge is 0.328 e. The summed E-state index contributed by atoms with van der Waals surface area (Å²) in [6.07, 6.45) is 4.47. The first kappa shape index (κ1) is 15.5. The van der Waals surface area contributed by atoms with Gasteiger partial charge in [0.15, 0.2) is 0 Å². The van der Waals surface area contributed by atoms with Gasteiger partial charge in [0.25, 0.3) is 0 Å². The van der Waals surface area contributed by atoms with Crippen LogP contribution in [0.2, 0.25) is 0 Å². The number of rotatable bonds is 4. The van der Waals surface area contributed by atoms with Gasteiger partial charge >= 0.3 is 5.97 Å². The first-order valence-corrected chi connectivity index (χ1v) is 7.10. The van der Waals surface area contributed by atoms with E-state index >= 15 is 0 Å². The highest BCUT2D eigenvalue weighted by molar-refractivity contribution is 5.87. The number of hydrogen-bond donors (Lipinski definition) is 1. The van der Waals surface area contributed by atoms with Crippen LogP contribution in [0.25, 0.3) is 6.08 Å². The number of hydrogen-bond acceptors (Lipinski definition) is 3. The normalized spacial score (nSPS) is 19.9. The zero-order valence-electron chi connectivity index (χ0n) is 12.4. The lowest BCUT2D eigenvalue weighted by atomic mass is 10.0. The van der Waals surface area contributed by atoms with Crippen molar-refractivity contribution < 1.29 is 14.3 Å². The number of likely N-dealkylation sites (N-methyl/N-ethyl adjacent to an activating group) is 2. The summed E-state index contributed by atoms with van der Waals surface area (Å²) in [7, 11) is 4.02. The fourth-order valence-electron chi connectivity index (χ4n) is 2.80.